The van der Waals surface area contributed by atoms with Gasteiger partial charge in [-0.15, -0.1) is 21.9 Å². The molecule has 0 aliphatic carbocycles. The van der Waals surface area contributed by atoms with E-state index in [1.54, 1.807) is 11.3 Å². The highest BCUT2D eigenvalue weighted by molar-refractivity contribution is 7.12. The molecule has 1 aromatic heterocycles. The maximum absolute atomic E-state index is 3.95. The van der Waals surface area contributed by atoms with Gasteiger partial charge in [0.1, 0.15) is 6.34 Å². The molecule has 0 amide bonds. The van der Waals surface area contributed by atoms with Crippen molar-refractivity contribution in [3.63, 3.8) is 0 Å². The van der Waals surface area contributed by atoms with Gasteiger partial charge in [0.15, 0.2) is 5.84 Å². The molecule has 0 fully saturated rings. The second-order valence-electron chi connectivity index (χ2n) is 1.76. The third-order valence-corrected chi connectivity index (χ3v) is 1.99. The normalized spacial score (nSPS) is 15.0. The van der Waals surface area contributed by atoms with E-state index in [0.29, 0.717) is 0 Å². The zero-order valence-corrected chi connectivity index (χ0v) is 5.88. The molecule has 0 bridgehead atoms. The lowest BCUT2D eigenvalue weighted by molar-refractivity contribution is 1.06. The van der Waals surface area contributed by atoms with E-state index in [2.05, 4.69) is 15.5 Å². The lowest BCUT2D eigenvalue weighted by Crippen LogP contribution is -1.88. The van der Waals surface area contributed by atoms with Crippen LogP contribution in [0.2, 0.25) is 0 Å². The molecule has 0 saturated carbocycles. The number of aliphatic imine (C=N–C) groups is 1. The minimum atomic E-state index is 0.718. The number of thiophene rings is 1. The van der Waals surface area contributed by atoms with Crippen LogP contribution in [-0.4, -0.2) is 12.2 Å². The van der Waals surface area contributed by atoms with Crippen molar-refractivity contribution >= 4 is 23.5 Å². The van der Waals surface area contributed by atoms with Gasteiger partial charge in [0.05, 0.1) is 4.88 Å². The van der Waals surface area contributed by atoms with Crippen LogP contribution in [-0.2, 0) is 0 Å². The Morgan fingerprint density at radius 3 is 3.00 bits per heavy atom. The molecule has 49 valence electrons. The summed E-state index contributed by atoms with van der Waals surface area (Å²) in [5.41, 5.74) is 3.62. The second kappa shape index (κ2) is 2.22. The molecule has 3 nitrogen and oxygen atoms in total. The Morgan fingerprint density at radius 2 is 2.40 bits per heavy atom. The molecule has 1 aromatic rings. The summed E-state index contributed by atoms with van der Waals surface area (Å²) < 4.78 is 0. The zero-order valence-electron chi connectivity index (χ0n) is 5.06. The van der Waals surface area contributed by atoms with Crippen molar-refractivity contribution in [2.45, 2.75) is 0 Å². The topological polar surface area (TPSA) is 38.8 Å². The number of amidine groups is 1. The van der Waals surface area contributed by atoms with Crippen LogP contribution in [0.25, 0.3) is 0 Å². The van der Waals surface area contributed by atoms with Gasteiger partial charge >= 0.3 is 0 Å². The van der Waals surface area contributed by atoms with Crippen LogP contribution >= 0.6 is 11.3 Å². The number of nitrogens with zero attached hydrogens (tertiary/aromatic N) is 3. The van der Waals surface area contributed by atoms with Crippen LogP contribution in [0.3, 0.4) is 0 Å². The van der Waals surface area contributed by atoms with E-state index in [0.717, 1.165) is 10.7 Å². The number of rotatable bonds is 1. The third-order valence-electron chi connectivity index (χ3n) is 1.13. The Morgan fingerprint density at radius 1 is 1.40 bits per heavy atom. The minimum absolute atomic E-state index is 0.718. The highest BCUT2D eigenvalue weighted by atomic mass is 32.1. The van der Waals surface area contributed by atoms with Crippen LogP contribution < -0.4 is 5.43 Å². The SMILES string of the molecule is C1=NC(c2cccs2)=N[N]1. The molecular formula is C6H4N3S. The fourth-order valence-electron chi connectivity index (χ4n) is 0.706. The summed E-state index contributed by atoms with van der Waals surface area (Å²) in [6.07, 6.45) is 1.45. The molecule has 2 rings (SSSR count). The van der Waals surface area contributed by atoms with E-state index in [9.17, 15) is 0 Å². The van der Waals surface area contributed by atoms with Gasteiger partial charge in [0.25, 0.3) is 0 Å². The van der Waals surface area contributed by atoms with Crippen molar-refractivity contribution in [3.05, 3.63) is 22.4 Å². The average Bonchev–Trinajstić information content (AvgIpc) is 2.59. The molecule has 1 aliphatic rings. The Balaban J connectivity index is 2.36. The molecule has 1 radical (unpaired) electrons. The molecule has 0 unspecified atom stereocenters. The predicted octanol–water partition coefficient (Wildman–Crippen LogP) is 1.06. The van der Waals surface area contributed by atoms with Gasteiger partial charge in [-0.2, -0.15) is 0 Å². The summed E-state index contributed by atoms with van der Waals surface area (Å²) >= 11 is 1.62. The number of hydrogen-bond donors (Lipinski definition) is 0. The van der Waals surface area contributed by atoms with Gasteiger partial charge in [0.2, 0.25) is 0 Å². The summed E-state index contributed by atoms with van der Waals surface area (Å²) in [5, 5.41) is 5.80. The maximum Gasteiger partial charge on any atom is 0.193 e. The molecule has 0 spiro atoms. The molecule has 0 atom stereocenters. The standard InChI is InChI=1S/C6H4N3S/c1-2-5(10-3-1)6-7-4-8-9-6/h1-4H. The van der Waals surface area contributed by atoms with Gasteiger partial charge in [-0.25, -0.2) is 4.99 Å². The van der Waals surface area contributed by atoms with Crippen LogP contribution in [0.15, 0.2) is 27.6 Å². The summed E-state index contributed by atoms with van der Waals surface area (Å²) in [5.74, 6) is 0.718. The molecule has 1 aliphatic heterocycles. The Bertz CT molecular complexity index is 273. The van der Waals surface area contributed by atoms with Crippen molar-refractivity contribution in [3.8, 4) is 0 Å². The quantitative estimate of drug-likeness (QED) is 0.574. The monoisotopic (exact) mass is 150 g/mol. The van der Waals surface area contributed by atoms with Crippen LogP contribution in [0.4, 0.5) is 0 Å². The second-order valence-corrected chi connectivity index (χ2v) is 2.71. The van der Waals surface area contributed by atoms with E-state index in [1.165, 1.54) is 6.34 Å². The van der Waals surface area contributed by atoms with Crippen LogP contribution in [0.1, 0.15) is 4.88 Å². The van der Waals surface area contributed by atoms with Crippen LogP contribution in [0, 0.1) is 0 Å². The Kier molecular flexibility index (Phi) is 1.25. The average molecular weight is 150 g/mol. The third kappa shape index (κ3) is 0.823. The van der Waals surface area contributed by atoms with Gasteiger partial charge in [-0.1, -0.05) is 6.07 Å². The van der Waals surface area contributed by atoms with Gasteiger partial charge in [0, 0.05) is 0 Å². The van der Waals surface area contributed by atoms with Crippen LogP contribution in [0.5, 0.6) is 0 Å². The van der Waals surface area contributed by atoms with Crippen molar-refractivity contribution < 1.29 is 0 Å². The van der Waals surface area contributed by atoms with Gasteiger partial charge in [-0.05, 0) is 11.4 Å². The van der Waals surface area contributed by atoms with Crippen molar-refractivity contribution in [2.24, 2.45) is 10.1 Å². The summed E-state index contributed by atoms with van der Waals surface area (Å²) in [7, 11) is 0. The van der Waals surface area contributed by atoms with Crippen molar-refractivity contribution in [1.82, 2.24) is 5.43 Å². The molecule has 0 N–H and O–H groups in total. The summed E-state index contributed by atoms with van der Waals surface area (Å²) in [4.78, 5) is 5.01. The maximum atomic E-state index is 3.95. The zero-order chi connectivity index (χ0) is 6.81. The largest absolute Gasteiger partial charge is 0.212 e. The molecule has 2 heterocycles. The fourth-order valence-corrected chi connectivity index (χ4v) is 1.37. The van der Waals surface area contributed by atoms with Crippen molar-refractivity contribution in [2.75, 3.05) is 0 Å². The van der Waals surface area contributed by atoms with E-state index < -0.39 is 0 Å². The Hall–Kier alpha value is -1.16. The van der Waals surface area contributed by atoms with Gasteiger partial charge < -0.3 is 0 Å². The van der Waals surface area contributed by atoms with E-state index in [1.807, 2.05) is 17.5 Å². The highest BCUT2D eigenvalue weighted by Gasteiger charge is 2.05. The first-order valence-electron chi connectivity index (χ1n) is 2.81. The summed E-state index contributed by atoms with van der Waals surface area (Å²) in [6, 6.07) is 3.94. The number of hydrogen-bond acceptors (Lipinski definition) is 3. The summed E-state index contributed by atoms with van der Waals surface area (Å²) in [6.45, 7) is 0. The first-order valence-corrected chi connectivity index (χ1v) is 3.69. The molecular weight excluding hydrogens is 146 g/mol. The molecule has 4 heteroatoms. The first kappa shape index (κ1) is 5.61. The minimum Gasteiger partial charge on any atom is -0.212 e. The van der Waals surface area contributed by atoms with E-state index >= 15 is 0 Å². The van der Waals surface area contributed by atoms with Gasteiger partial charge in [-0.3, -0.25) is 0 Å². The van der Waals surface area contributed by atoms with E-state index in [4.69, 9.17) is 0 Å². The smallest absolute Gasteiger partial charge is 0.193 e. The lowest BCUT2D eigenvalue weighted by Gasteiger charge is -1.84. The molecule has 0 aromatic carbocycles. The molecule has 0 saturated heterocycles. The predicted molar refractivity (Wildman–Crippen MR) is 41.5 cm³/mol. The fraction of sp³-hybridized carbons (Fsp3) is 0. The lowest BCUT2D eigenvalue weighted by atomic mass is 10.4. The first-order chi connectivity index (χ1) is 4.97. The Labute approximate surface area is 62.1 Å². The van der Waals surface area contributed by atoms with Crippen molar-refractivity contribution in [1.29, 1.82) is 0 Å². The van der Waals surface area contributed by atoms with E-state index in [-0.39, 0.29) is 0 Å². The molecule has 10 heavy (non-hydrogen) atoms. The highest BCUT2D eigenvalue weighted by Crippen LogP contribution is 2.11.